The molecule has 0 unspecified atom stereocenters. The molecule has 0 aliphatic carbocycles. The van der Waals surface area contributed by atoms with Crippen LogP contribution < -0.4 is 14.8 Å². The Kier molecular flexibility index (Phi) is 4.60. The highest BCUT2D eigenvalue weighted by atomic mass is 35.5. The molecule has 124 valence electrons. The highest BCUT2D eigenvalue weighted by molar-refractivity contribution is 7.17. The molecule has 0 atom stereocenters. The van der Waals surface area contributed by atoms with E-state index in [1.165, 1.54) is 15.6 Å². The van der Waals surface area contributed by atoms with Gasteiger partial charge in [0.05, 0.1) is 18.2 Å². The van der Waals surface area contributed by atoms with Gasteiger partial charge in [-0.2, -0.15) is 0 Å². The van der Waals surface area contributed by atoms with Gasteiger partial charge in [0.2, 0.25) is 0 Å². The van der Waals surface area contributed by atoms with Gasteiger partial charge >= 0.3 is 0 Å². The number of rotatable bonds is 4. The van der Waals surface area contributed by atoms with Gasteiger partial charge in [0.15, 0.2) is 11.5 Å². The lowest BCUT2D eigenvalue weighted by molar-refractivity contribution is 0.297. The smallest absolute Gasteiger partial charge is 0.179 e. The zero-order valence-electron chi connectivity index (χ0n) is 13.2. The van der Waals surface area contributed by atoms with Crippen molar-refractivity contribution >= 4 is 33.0 Å². The average Bonchev–Trinajstić information content (AvgIpc) is 2.84. The van der Waals surface area contributed by atoms with Crippen molar-refractivity contribution in [3.05, 3.63) is 57.9 Å². The molecule has 0 bridgehead atoms. The highest BCUT2D eigenvalue weighted by Crippen LogP contribution is 2.38. The first-order valence-corrected chi connectivity index (χ1v) is 9.31. The summed E-state index contributed by atoms with van der Waals surface area (Å²) in [7, 11) is 0. The van der Waals surface area contributed by atoms with Crippen molar-refractivity contribution in [2.45, 2.75) is 19.5 Å². The van der Waals surface area contributed by atoms with E-state index in [2.05, 4.69) is 35.0 Å². The maximum atomic E-state index is 6.35. The van der Waals surface area contributed by atoms with Crippen LogP contribution in [0.1, 0.15) is 17.5 Å². The molecule has 1 N–H and O–H groups in total. The molecule has 1 aliphatic heterocycles. The Morgan fingerprint density at radius 3 is 2.92 bits per heavy atom. The SMILES string of the molecule is Clc1cc(CNCc2csc3ccccc23)cc2c1OCCCO2. The maximum absolute atomic E-state index is 6.35. The third kappa shape index (κ3) is 3.22. The predicted molar refractivity (Wildman–Crippen MR) is 99.4 cm³/mol. The van der Waals surface area contributed by atoms with Crippen LogP contribution in [0.25, 0.3) is 10.1 Å². The highest BCUT2D eigenvalue weighted by Gasteiger charge is 2.15. The van der Waals surface area contributed by atoms with Crippen LogP contribution in [0.4, 0.5) is 0 Å². The van der Waals surface area contributed by atoms with Gasteiger partial charge in [-0.05, 0) is 40.1 Å². The average molecular weight is 360 g/mol. The molecule has 0 saturated carbocycles. The number of halogens is 1. The minimum Gasteiger partial charge on any atom is -0.489 e. The van der Waals surface area contributed by atoms with Gasteiger partial charge in [-0.3, -0.25) is 0 Å². The van der Waals surface area contributed by atoms with E-state index < -0.39 is 0 Å². The van der Waals surface area contributed by atoms with Gasteiger partial charge in [0, 0.05) is 24.2 Å². The van der Waals surface area contributed by atoms with Crippen molar-refractivity contribution in [1.82, 2.24) is 5.32 Å². The molecule has 5 heteroatoms. The van der Waals surface area contributed by atoms with Crippen LogP contribution in [0.2, 0.25) is 5.02 Å². The monoisotopic (exact) mass is 359 g/mol. The third-order valence-corrected chi connectivity index (χ3v) is 5.36. The molecule has 1 aromatic heterocycles. The second-order valence-corrected chi connectivity index (χ2v) is 7.13. The summed E-state index contributed by atoms with van der Waals surface area (Å²) >= 11 is 8.13. The quantitative estimate of drug-likeness (QED) is 0.710. The van der Waals surface area contributed by atoms with Crippen LogP contribution in [0.15, 0.2) is 41.8 Å². The Hall–Kier alpha value is -1.75. The van der Waals surface area contributed by atoms with Crippen molar-refractivity contribution in [3.8, 4) is 11.5 Å². The lowest BCUT2D eigenvalue weighted by Crippen LogP contribution is -2.12. The van der Waals surface area contributed by atoms with Gasteiger partial charge < -0.3 is 14.8 Å². The molecular weight excluding hydrogens is 342 g/mol. The van der Waals surface area contributed by atoms with Crippen molar-refractivity contribution in [3.63, 3.8) is 0 Å². The summed E-state index contributed by atoms with van der Waals surface area (Å²) < 4.78 is 12.7. The molecule has 3 aromatic rings. The molecule has 0 amide bonds. The Morgan fingerprint density at radius 1 is 1.08 bits per heavy atom. The topological polar surface area (TPSA) is 30.5 Å². The summed E-state index contributed by atoms with van der Waals surface area (Å²) in [4.78, 5) is 0. The third-order valence-electron chi connectivity index (χ3n) is 4.07. The second-order valence-electron chi connectivity index (χ2n) is 5.82. The molecule has 0 fully saturated rings. The van der Waals surface area contributed by atoms with Crippen molar-refractivity contribution in [2.75, 3.05) is 13.2 Å². The van der Waals surface area contributed by atoms with Crippen LogP contribution in [-0.4, -0.2) is 13.2 Å². The fourth-order valence-corrected chi connectivity index (χ4v) is 4.15. The molecule has 4 rings (SSSR count). The molecule has 0 saturated heterocycles. The molecule has 2 aromatic carbocycles. The lowest BCUT2D eigenvalue weighted by atomic mass is 10.1. The summed E-state index contributed by atoms with van der Waals surface area (Å²) in [6, 6.07) is 12.5. The molecule has 2 heterocycles. The largest absolute Gasteiger partial charge is 0.489 e. The van der Waals surface area contributed by atoms with Crippen molar-refractivity contribution < 1.29 is 9.47 Å². The summed E-state index contributed by atoms with van der Waals surface area (Å²) in [5.41, 5.74) is 2.43. The van der Waals surface area contributed by atoms with Crippen molar-refractivity contribution in [1.29, 1.82) is 0 Å². The zero-order valence-corrected chi connectivity index (χ0v) is 14.8. The maximum Gasteiger partial charge on any atom is 0.179 e. The Morgan fingerprint density at radius 2 is 1.96 bits per heavy atom. The van der Waals surface area contributed by atoms with Gasteiger partial charge in [-0.1, -0.05) is 29.8 Å². The first-order valence-electron chi connectivity index (χ1n) is 8.05. The fourth-order valence-electron chi connectivity index (χ4n) is 2.90. The van der Waals surface area contributed by atoms with E-state index in [9.17, 15) is 0 Å². The summed E-state index contributed by atoms with van der Waals surface area (Å²) in [5.74, 6) is 1.42. The van der Waals surface area contributed by atoms with Crippen molar-refractivity contribution in [2.24, 2.45) is 0 Å². The fraction of sp³-hybridized carbons (Fsp3) is 0.263. The molecule has 24 heavy (non-hydrogen) atoms. The summed E-state index contributed by atoms with van der Waals surface area (Å²) in [5, 5.41) is 7.66. The molecular formula is C19H18ClNO2S. The molecule has 0 spiro atoms. The van der Waals surface area contributed by atoms with Crippen LogP contribution in [0.3, 0.4) is 0 Å². The standard InChI is InChI=1S/C19H18ClNO2S/c20-16-8-13(9-17-19(16)23-7-3-6-22-17)10-21-11-14-12-24-18-5-2-1-4-15(14)18/h1-2,4-5,8-9,12,21H,3,6-7,10-11H2. The Labute approximate surface area is 150 Å². The molecule has 1 aliphatic rings. The number of fused-ring (bicyclic) bond motifs is 2. The van der Waals surface area contributed by atoms with Crippen LogP contribution in [-0.2, 0) is 13.1 Å². The molecule has 0 radical (unpaired) electrons. The number of nitrogens with one attached hydrogen (secondary N) is 1. The minimum atomic E-state index is 0.618. The van der Waals surface area contributed by atoms with Gasteiger partial charge in [0.1, 0.15) is 0 Å². The second kappa shape index (κ2) is 7.01. The Bertz CT molecular complexity index is 862. The van der Waals surface area contributed by atoms with E-state index in [0.29, 0.717) is 24.0 Å². The number of ether oxygens (including phenoxy) is 2. The summed E-state index contributed by atoms with van der Waals surface area (Å²) in [6.45, 7) is 2.88. The van der Waals surface area contributed by atoms with E-state index in [-0.39, 0.29) is 0 Å². The predicted octanol–water partition coefficient (Wildman–Crippen LogP) is 5.01. The first kappa shape index (κ1) is 15.8. The van der Waals surface area contributed by atoms with Crippen LogP contribution in [0, 0.1) is 0 Å². The zero-order chi connectivity index (χ0) is 16.4. The van der Waals surface area contributed by atoms with Gasteiger partial charge in [-0.15, -0.1) is 11.3 Å². The van der Waals surface area contributed by atoms with Gasteiger partial charge in [0.25, 0.3) is 0 Å². The lowest BCUT2D eigenvalue weighted by Gasteiger charge is -2.12. The Balaban J connectivity index is 1.46. The van der Waals surface area contributed by atoms with E-state index >= 15 is 0 Å². The number of thiophene rings is 1. The van der Waals surface area contributed by atoms with E-state index in [4.69, 9.17) is 21.1 Å². The van der Waals surface area contributed by atoms with Gasteiger partial charge in [-0.25, -0.2) is 0 Å². The number of hydrogen-bond acceptors (Lipinski definition) is 4. The molecule has 3 nitrogen and oxygen atoms in total. The number of benzene rings is 2. The van der Waals surface area contributed by atoms with E-state index in [1.54, 1.807) is 11.3 Å². The minimum absolute atomic E-state index is 0.618. The normalized spacial score (nSPS) is 13.9. The van der Waals surface area contributed by atoms with Crippen LogP contribution in [0.5, 0.6) is 11.5 Å². The van der Waals surface area contributed by atoms with E-state index in [0.717, 1.165) is 30.8 Å². The van der Waals surface area contributed by atoms with E-state index in [1.807, 2.05) is 12.1 Å². The summed E-state index contributed by atoms with van der Waals surface area (Å²) in [6.07, 6.45) is 0.879. The first-order chi connectivity index (χ1) is 11.8. The number of hydrogen-bond donors (Lipinski definition) is 1. The van der Waals surface area contributed by atoms with Crippen LogP contribution >= 0.6 is 22.9 Å².